The van der Waals surface area contributed by atoms with E-state index in [0.29, 0.717) is 6.54 Å². The highest BCUT2D eigenvalue weighted by atomic mass is 32.1. The molecule has 1 amide bonds. The number of amides is 1. The molecule has 4 rings (SSSR count). The number of likely N-dealkylation sites (tertiary alicyclic amines) is 1. The largest absolute Gasteiger partial charge is 0.341 e. The van der Waals surface area contributed by atoms with Crippen LogP contribution in [0.2, 0.25) is 0 Å². The number of aromatic nitrogens is 2. The summed E-state index contributed by atoms with van der Waals surface area (Å²) in [4.78, 5) is 21.3. The van der Waals surface area contributed by atoms with E-state index >= 15 is 0 Å². The topological polar surface area (TPSA) is 38.1 Å². The molecule has 0 unspecified atom stereocenters. The highest BCUT2D eigenvalue weighted by molar-refractivity contribution is 7.15. The van der Waals surface area contributed by atoms with E-state index in [-0.39, 0.29) is 5.91 Å². The lowest BCUT2D eigenvalue weighted by Crippen LogP contribution is -2.43. The normalized spacial score (nSPS) is 14.2. The molecular weight excluding hydrogens is 306 g/mol. The molecule has 0 saturated carbocycles. The maximum atomic E-state index is 12.2. The number of aryl methyl sites for hydroxylation is 1. The summed E-state index contributed by atoms with van der Waals surface area (Å²) in [6.07, 6.45) is 6.07. The van der Waals surface area contributed by atoms with Crippen LogP contribution in [0.15, 0.2) is 36.7 Å². The summed E-state index contributed by atoms with van der Waals surface area (Å²) in [6.45, 7) is 4.37. The van der Waals surface area contributed by atoms with Crippen LogP contribution in [-0.2, 0) is 17.8 Å². The van der Waals surface area contributed by atoms with Gasteiger partial charge in [0, 0.05) is 40.8 Å². The first-order valence-electron chi connectivity index (χ1n) is 8.06. The monoisotopic (exact) mass is 325 g/mol. The van der Waals surface area contributed by atoms with Crippen LogP contribution < -0.4 is 0 Å². The fraction of sp³-hybridized carbons (Fsp3) is 0.333. The quantitative estimate of drug-likeness (QED) is 0.735. The summed E-state index contributed by atoms with van der Waals surface area (Å²) >= 11 is 1.81. The zero-order valence-corrected chi connectivity index (χ0v) is 14.0. The van der Waals surface area contributed by atoms with Crippen LogP contribution in [-0.4, -0.2) is 33.4 Å². The molecule has 0 atom stereocenters. The van der Waals surface area contributed by atoms with Gasteiger partial charge in [-0.3, -0.25) is 9.78 Å². The van der Waals surface area contributed by atoms with Crippen LogP contribution in [0.25, 0.3) is 21.5 Å². The van der Waals surface area contributed by atoms with Crippen LogP contribution >= 0.6 is 11.3 Å². The average molecular weight is 325 g/mol. The highest BCUT2D eigenvalue weighted by Crippen LogP contribution is 2.30. The van der Waals surface area contributed by atoms with Crippen molar-refractivity contribution in [3.8, 4) is 10.4 Å². The minimum atomic E-state index is 0.198. The van der Waals surface area contributed by atoms with Crippen molar-refractivity contribution >= 4 is 28.3 Å². The van der Waals surface area contributed by atoms with Gasteiger partial charge >= 0.3 is 0 Å². The van der Waals surface area contributed by atoms with E-state index in [1.165, 1.54) is 9.75 Å². The predicted octanol–water partition coefficient (Wildman–Crippen LogP) is 3.56. The van der Waals surface area contributed by atoms with E-state index in [1.54, 1.807) is 0 Å². The molecule has 1 aliphatic rings. The lowest BCUT2D eigenvalue weighted by molar-refractivity contribution is -0.135. The molecule has 118 valence electrons. The van der Waals surface area contributed by atoms with Gasteiger partial charge in [-0.25, -0.2) is 0 Å². The minimum Gasteiger partial charge on any atom is -0.341 e. The Hall–Kier alpha value is -2.14. The Kier molecular flexibility index (Phi) is 3.65. The molecule has 0 aromatic carbocycles. The maximum Gasteiger partial charge on any atom is 0.242 e. The fourth-order valence-corrected chi connectivity index (χ4v) is 3.80. The third-order valence-corrected chi connectivity index (χ3v) is 5.71. The maximum absolute atomic E-state index is 12.2. The predicted molar refractivity (Wildman–Crippen MR) is 93.6 cm³/mol. The second kappa shape index (κ2) is 5.81. The van der Waals surface area contributed by atoms with Gasteiger partial charge in [0.1, 0.15) is 6.54 Å². The van der Waals surface area contributed by atoms with Crippen molar-refractivity contribution in [1.82, 2.24) is 14.5 Å². The van der Waals surface area contributed by atoms with Gasteiger partial charge in [-0.05, 0) is 37.1 Å². The molecule has 0 bridgehead atoms. The van der Waals surface area contributed by atoms with E-state index in [1.807, 2.05) is 39.3 Å². The number of thiophene rings is 1. The number of hydrogen-bond acceptors (Lipinski definition) is 3. The van der Waals surface area contributed by atoms with E-state index in [2.05, 4.69) is 30.1 Å². The van der Waals surface area contributed by atoms with Crippen LogP contribution in [0.3, 0.4) is 0 Å². The minimum absolute atomic E-state index is 0.198. The molecule has 0 aliphatic carbocycles. The number of fused-ring (bicyclic) bond motifs is 1. The molecule has 3 aromatic rings. The Morgan fingerprint density at radius 1 is 1.30 bits per heavy atom. The number of nitrogens with zero attached hydrogens (tertiary/aromatic N) is 3. The van der Waals surface area contributed by atoms with Crippen molar-refractivity contribution < 1.29 is 4.79 Å². The highest BCUT2D eigenvalue weighted by Gasteiger charge is 2.20. The average Bonchev–Trinajstić information content (AvgIpc) is 3.12. The Morgan fingerprint density at radius 3 is 2.87 bits per heavy atom. The molecular formula is C18H19N3OS. The van der Waals surface area contributed by atoms with Gasteiger partial charge < -0.3 is 9.47 Å². The summed E-state index contributed by atoms with van der Waals surface area (Å²) in [6, 6.07) is 8.47. The smallest absolute Gasteiger partial charge is 0.242 e. The van der Waals surface area contributed by atoms with E-state index in [0.717, 1.165) is 42.5 Å². The molecule has 23 heavy (non-hydrogen) atoms. The van der Waals surface area contributed by atoms with Gasteiger partial charge in [-0.15, -0.1) is 11.3 Å². The van der Waals surface area contributed by atoms with Gasteiger partial charge in [0.05, 0.1) is 11.0 Å². The van der Waals surface area contributed by atoms with Crippen LogP contribution in [0, 0.1) is 0 Å². The Morgan fingerprint density at radius 2 is 2.17 bits per heavy atom. The van der Waals surface area contributed by atoms with Gasteiger partial charge in [0.25, 0.3) is 0 Å². The molecule has 1 aliphatic heterocycles. The Bertz CT molecular complexity index is 860. The van der Waals surface area contributed by atoms with Crippen LogP contribution in [0.4, 0.5) is 0 Å². The van der Waals surface area contributed by atoms with Gasteiger partial charge in [0.15, 0.2) is 0 Å². The van der Waals surface area contributed by atoms with Crippen molar-refractivity contribution in [1.29, 1.82) is 0 Å². The first-order valence-corrected chi connectivity index (χ1v) is 8.88. The summed E-state index contributed by atoms with van der Waals surface area (Å²) < 4.78 is 2.01. The van der Waals surface area contributed by atoms with Gasteiger partial charge in [-0.1, -0.05) is 6.92 Å². The first kappa shape index (κ1) is 14.5. The molecule has 1 saturated heterocycles. The number of hydrogen-bond donors (Lipinski definition) is 0. The molecule has 0 radical (unpaired) electrons. The lowest BCUT2D eigenvalue weighted by Gasteiger charge is -2.31. The zero-order valence-electron chi connectivity index (χ0n) is 13.2. The van der Waals surface area contributed by atoms with Gasteiger partial charge in [0.2, 0.25) is 5.91 Å². The van der Waals surface area contributed by atoms with Crippen molar-refractivity contribution in [2.75, 3.05) is 13.1 Å². The van der Waals surface area contributed by atoms with E-state index in [4.69, 9.17) is 0 Å². The summed E-state index contributed by atoms with van der Waals surface area (Å²) in [5, 5.41) is 0. The summed E-state index contributed by atoms with van der Waals surface area (Å²) in [5.74, 6) is 0.198. The summed E-state index contributed by atoms with van der Waals surface area (Å²) in [5.41, 5.74) is 3.10. The first-order chi connectivity index (χ1) is 11.2. The molecule has 0 N–H and O–H groups in total. The second-order valence-corrected chi connectivity index (χ2v) is 7.09. The van der Waals surface area contributed by atoms with E-state index in [9.17, 15) is 4.79 Å². The number of rotatable bonds is 4. The van der Waals surface area contributed by atoms with Crippen molar-refractivity contribution in [3.63, 3.8) is 0 Å². The number of pyridine rings is 1. The molecule has 4 nitrogen and oxygen atoms in total. The molecule has 1 fully saturated rings. The standard InChI is InChI=1S/C18H19N3OS/c1-2-14-4-5-17(23-14)13-10-16-15(19-11-13)6-9-21(16)12-18(22)20-7-3-8-20/h4-6,9-11H,2-3,7-8,12H2,1H3. The third-order valence-electron chi connectivity index (χ3n) is 4.43. The SMILES string of the molecule is CCc1ccc(-c2cnc3ccn(CC(=O)N4CCC4)c3c2)s1. The van der Waals surface area contributed by atoms with Crippen molar-refractivity contribution in [3.05, 3.63) is 41.5 Å². The Balaban J connectivity index is 1.66. The zero-order chi connectivity index (χ0) is 15.8. The lowest BCUT2D eigenvalue weighted by atomic mass is 10.2. The molecule has 0 spiro atoms. The van der Waals surface area contributed by atoms with Crippen LogP contribution in [0.1, 0.15) is 18.2 Å². The summed E-state index contributed by atoms with van der Waals surface area (Å²) in [7, 11) is 0. The number of carbonyl (C=O) groups excluding carboxylic acids is 1. The molecule has 4 heterocycles. The van der Waals surface area contributed by atoms with Crippen molar-refractivity contribution in [2.24, 2.45) is 0 Å². The fourth-order valence-electron chi connectivity index (χ4n) is 2.87. The van der Waals surface area contributed by atoms with Crippen molar-refractivity contribution in [2.45, 2.75) is 26.3 Å². The molecule has 5 heteroatoms. The molecule has 3 aromatic heterocycles. The van der Waals surface area contributed by atoms with Gasteiger partial charge in [-0.2, -0.15) is 0 Å². The third kappa shape index (κ3) is 2.65. The second-order valence-electron chi connectivity index (χ2n) is 5.93. The Labute approximate surface area is 139 Å². The van der Waals surface area contributed by atoms with E-state index < -0.39 is 0 Å². The van der Waals surface area contributed by atoms with Crippen LogP contribution in [0.5, 0.6) is 0 Å². The number of carbonyl (C=O) groups is 1.